The standard InChI is InChI=1S/C13H17FN2/c14-9-4-5-13-11(8-9)10-2-1-3-12(10)16(13)7-6-15/h4-5,8,10,12H,1-3,6-7,15H2. The Morgan fingerprint density at radius 1 is 1.38 bits per heavy atom. The van der Waals surface area contributed by atoms with Gasteiger partial charge in [-0.05, 0) is 36.6 Å². The van der Waals surface area contributed by atoms with Crippen LogP contribution in [0.25, 0.3) is 0 Å². The zero-order valence-corrected chi connectivity index (χ0v) is 9.32. The zero-order valence-electron chi connectivity index (χ0n) is 9.32. The SMILES string of the molecule is NCCN1c2ccc(F)cc2C2CCCC21. The topological polar surface area (TPSA) is 29.3 Å². The molecule has 0 bridgehead atoms. The van der Waals surface area contributed by atoms with Crippen LogP contribution >= 0.6 is 0 Å². The van der Waals surface area contributed by atoms with Gasteiger partial charge in [-0.2, -0.15) is 0 Å². The molecule has 0 radical (unpaired) electrons. The Morgan fingerprint density at radius 3 is 3.06 bits per heavy atom. The lowest BCUT2D eigenvalue weighted by Crippen LogP contribution is -2.35. The number of nitrogens with zero attached hydrogens (tertiary/aromatic N) is 1. The lowest BCUT2D eigenvalue weighted by atomic mass is 9.97. The molecule has 1 aliphatic carbocycles. The van der Waals surface area contributed by atoms with Crippen molar-refractivity contribution in [2.75, 3.05) is 18.0 Å². The molecule has 0 spiro atoms. The van der Waals surface area contributed by atoms with Gasteiger partial charge in [-0.15, -0.1) is 0 Å². The van der Waals surface area contributed by atoms with Gasteiger partial charge in [0.2, 0.25) is 0 Å². The monoisotopic (exact) mass is 220 g/mol. The summed E-state index contributed by atoms with van der Waals surface area (Å²) in [5.41, 5.74) is 8.08. The highest BCUT2D eigenvalue weighted by Crippen LogP contribution is 2.48. The highest BCUT2D eigenvalue weighted by atomic mass is 19.1. The number of hydrogen-bond donors (Lipinski definition) is 1. The van der Waals surface area contributed by atoms with Crippen molar-refractivity contribution >= 4 is 5.69 Å². The average Bonchev–Trinajstić information content (AvgIpc) is 2.82. The van der Waals surface area contributed by atoms with Gasteiger partial charge in [0, 0.05) is 30.7 Å². The minimum absolute atomic E-state index is 0.112. The predicted octanol–water partition coefficient (Wildman–Crippen LogP) is 2.24. The first-order valence-corrected chi connectivity index (χ1v) is 6.07. The van der Waals surface area contributed by atoms with E-state index in [1.165, 1.54) is 30.5 Å². The van der Waals surface area contributed by atoms with Crippen molar-refractivity contribution in [1.29, 1.82) is 0 Å². The molecule has 2 atom stereocenters. The number of rotatable bonds is 2. The largest absolute Gasteiger partial charge is 0.366 e. The third kappa shape index (κ3) is 1.34. The Morgan fingerprint density at radius 2 is 2.25 bits per heavy atom. The smallest absolute Gasteiger partial charge is 0.123 e. The fourth-order valence-corrected chi connectivity index (χ4v) is 3.36. The van der Waals surface area contributed by atoms with Crippen molar-refractivity contribution in [2.45, 2.75) is 31.2 Å². The summed E-state index contributed by atoms with van der Waals surface area (Å²) in [5, 5.41) is 0. The number of benzene rings is 1. The molecule has 1 fully saturated rings. The molecular weight excluding hydrogens is 203 g/mol. The van der Waals surface area contributed by atoms with Gasteiger partial charge in [0.1, 0.15) is 5.82 Å². The number of nitrogens with two attached hydrogens (primary N) is 1. The lowest BCUT2D eigenvalue weighted by Gasteiger charge is -2.26. The van der Waals surface area contributed by atoms with Gasteiger partial charge in [0.25, 0.3) is 0 Å². The van der Waals surface area contributed by atoms with E-state index in [2.05, 4.69) is 4.90 Å². The van der Waals surface area contributed by atoms with E-state index < -0.39 is 0 Å². The van der Waals surface area contributed by atoms with Gasteiger partial charge >= 0.3 is 0 Å². The van der Waals surface area contributed by atoms with Crippen LogP contribution in [0.2, 0.25) is 0 Å². The molecule has 0 amide bonds. The van der Waals surface area contributed by atoms with E-state index in [9.17, 15) is 4.39 Å². The summed E-state index contributed by atoms with van der Waals surface area (Å²) in [5.74, 6) is 0.427. The second kappa shape index (κ2) is 3.74. The summed E-state index contributed by atoms with van der Waals surface area (Å²) in [6.45, 7) is 1.56. The van der Waals surface area contributed by atoms with Crippen molar-refractivity contribution in [2.24, 2.45) is 5.73 Å². The average molecular weight is 220 g/mol. The molecule has 2 unspecified atom stereocenters. The molecule has 1 aromatic rings. The molecule has 2 aliphatic rings. The van der Waals surface area contributed by atoms with Gasteiger partial charge < -0.3 is 10.6 Å². The lowest BCUT2D eigenvalue weighted by molar-refractivity contribution is 0.589. The highest BCUT2D eigenvalue weighted by Gasteiger charge is 2.40. The first-order chi connectivity index (χ1) is 7.81. The van der Waals surface area contributed by atoms with Crippen LogP contribution in [0, 0.1) is 5.82 Å². The number of fused-ring (bicyclic) bond motifs is 3. The summed E-state index contributed by atoms with van der Waals surface area (Å²) < 4.78 is 13.3. The summed E-state index contributed by atoms with van der Waals surface area (Å²) in [7, 11) is 0. The van der Waals surface area contributed by atoms with Crippen LogP contribution in [0.4, 0.5) is 10.1 Å². The molecule has 86 valence electrons. The van der Waals surface area contributed by atoms with E-state index in [0.29, 0.717) is 18.5 Å². The molecule has 0 aromatic heterocycles. The van der Waals surface area contributed by atoms with E-state index in [1.807, 2.05) is 6.07 Å². The van der Waals surface area contributed by atoms with Crippen molar-refractivity contribution < 1.29 is 4.39 Å². The molecule has 1 heterocycles. The summed E-state index contributed by atoms with van der Waals surface area (Å²) >= 11 is 0. The summed E-state index contributed by atoms with van der Waals surface area (Å²) in [4.78, 5) is 2.38. The molecule has 2 N–H and O–H groups in total. The summed E-state index contributed by atoms with van der Waals surface area (Å²) in [6, 6.07) is 5.76. The maximum absolute atomic E-state index is 13.3. The van der Waals surface area contributed by atoms with E-state index in [0.717, 1.165) is 6.54 Å². The Labute approximate surface area is 95.2 Å². The third-order valence-corrected chi connectivity index (χ3v) is 3.95. The van der Waals surface area contributed by atoms with Gasteiger partial charge in [-0.1, -0.05) is 6.42 Å². The van der Waals surface area contributed by atoms with Crippen LogP contribution in [-0.4, -0.2) is 19.1 Å². The quantitative estimate of drug-likeness (QED) is 0.828. The molecule has 3 rings (SSSR count). The number of anilines is 1. The minimum atomic E-state index is -0.112. The van der Waals surface area contributed by atoms with E-state index in [-0.39, 0.29) is 5.82 Å². The second-order valence-electron chi connectivity index (χ2n) is 4.79. The number of halogens is 1. The molecular formula is C13H17FN2. The molecule has 1 aromatic carbocycles. The van der Waals surface area contributed by atoms with Gasteiger partial charge in [-0.25, -0.2) is 4.39 Å². The van der Waals surface area contributed by atoms with Crippen LogP contribution in [0.15, 0.2) is 18.2 Å². The summed E-state index contributed by atoms with van der Waals surface area (Å²) in [6.07, 6.45) is 3.68. The molecule has 1 saturated carbocycles. The van der Waals surface area contributed by atoms with Crippen LogP contribution in [0.3, 0.4) is 0 Å². The normalized spacial score (nSPS) is 27.0. The van der Waals surface area contributed by atoms with Crippen molar-refractivity contribution in [3.63, 3.8) is 0 Å². The first kappa shape index (κ1) is 10.1. The molecule has 2 nitrogen and oxygen atoms in total. The second-order valence-corrected chi connectivity index (χ2v) is 4.79. The van der Waals surface area contributed by atoms with E-state index >= 15 is 0 Å². The van der Waals surface area contributed by atoms with Crippen molar-refractivity contribution in [1.82, 2.24) is 0 Å². The Balaban J connectivity index is 2.04. The zero-order chi connectivity index (χ0) is 11.1. The molecule has 1 aliphatic heterocycles. The fraction of sp³-hybridized carbons (Fsp3) is 0.538. The first-order valence-electron chi connectivity index (χ1n) is 6.07. The predicted molar refractivity (Wildman–Crippen MR) is 63.2 cm³/mol. The van der Waals surface area contributed by atoms with Crippen LogP contribution in [-0.2, 0) is 0 Å². The fourth-order valence-electron chi connectivity index (χ4n) is 3.36. The molecule has 3 heteroatoms. The maximum atomic E-state index is 13.3. The molecule has 0 saturated heterocycles. The van der Waals surface area contributed by atoms with Crippen LogP contribution < -0.4 is 10.6 Å². The van der Waals surface area contributed by atoms with Gasteiger partial charge in [0.05, 0.1) is 0 Å². The van der Waals surface area contributed by atoms with E-state index in [4.69, 9.17) is 5.73 Å². The Hall–Kier alpha value is -1.09. The molecule has 16 heavy (non-hydrogen) atoms. The van der Waals surface area contributed by atoms with Crippen LogP contribution in [0.5, 0.6) is 0 Å². The maximum Gasteiger partial charge on any atom is 0.123 e. The van der Waals surface area contributed by atoms with Crippen LogP contribution in [0.1, 0.15) is 30.7 Å². The van der Waals surface area contributed by atoms with Gasteiger partial charge in [0.15, 0.2) is 0 Å². The Kier molecular flexibility index (Phi) is 2.36. The number of hydrogen-bond acceptors (Lipinski definition) is 2. The minimum Gasteiger partial charge on any atom is -0.366 e. The van der Waals surface area contributed by atoms with Crippen molar-refractivity contribution in [3.05, 3.63) is 29.6 Å². The highest BCUT2D eigenvalue weighted by molar-refractivity contribution is 5.62. The van der Waals surface area contributed by atoms with Crippen molar-refractivity contribution in [3.8, 4) is 0 Å². The van der Waals surface area contributed by atoms with Gasteiger partial charge in [-0.3, -0.25) is 0 Å². The third-order valence-electron chi connectivity index (χ3n) is 3.95. The Bertz CT molecular complexity index is 405. The van der Waals surface area contributed by atoms with E-state index in [1.54, 1.807) is 12.1 Å².